The van der Waals surface area contributed by atoms with E-state index in [1.54, 1.807) is 20.8 Å². The summed E-state index contributed by atoms with van der Waals surface area (Å²) in [7, 11) is 1.29. The van der Waals surface area contributed by atoms with E-state index in [-0.39, 0.29) is 17.6 Å². The van der Waals surface area contributed by atoms with Crippen LogP contribution in [0.15, 0.2) is 0 Å². The molecule has 1 saturated carbocycles. The number of carbonyl (C=O) groups is 3. The Hall–Kier alpha value is -1.59. The maximum Gasteiger partial charge on any atom is 0.411 e. The van der Waals surface area contributed by atoms with Gasteiger partial charge in [0.1, 0.15) is 17.4 Å². The largest absolute Gasteiger partial charge is 0.467 e. The highest BCUT2D eigenvalue weighted by molar-refractivity contribution is 5.87. The van der Waals surface area contributed by atoms with E-state index < -0.39 is 23.7 Å². The van der Waals surface area contributed by atoms with E-state index in [9.17, 15) is 14.4 Å². The van der Waals surface area contributed by atoms with Crippen LogP contribution in [0.4, 0.5) is 4.79 Å². The van der Waals surface area contributed by atoms with Crippen LogP contribution in [0.2, 0.25) is 0 Å². The minimum atomic E-state index is -0.703. The van der Waals surface area contributed by atoms with Gasteiger partial charge < -0.3 is 9.47 Å². The minimum Gasteiger partial charge on any atom is -0.467 e. The van der Waals surface area contributed by atoms with Gasteiger partial charge >= 0.3 is 12.1 Å². The average Bonchev–Trinajstić information content (AvgIpc) is 2.81. The fourth-order valence-corrected chi connectivity index (χ4v) is 3.05. The highest BCUT2D eigenvalue weighted by Gasteiger charge is 2.53. The van der Waals surface area contributed by atoms with Crippen LogP contribution in [-0.2, 0) is 19.1 Å². The average molecular weight is 283 g/mol. The molecule has 2 aliphatic rings. The van der Waals surface area contributed by atoms with Gasteiger partial charge in [0, 0.05) is 25.3 Å². The summed E-state index contributed by atoms with van der Waals surface area (Å²) in [5.74, 6) is -0.419. The van der Waals surface area contributed by atoms with Gasteiger partial charge in [-0.1, -0.05) is 0 Å². The first-order valence-corrected chi connectivity index (χ1v) is 6.82. The number of fused-ring (bicyclic) bond motifs is 1. The van der Waals surface area contributed by atoms with Gasteiger partial charge in [0.25, 0.3) is 0 Å². The summed E-state index contributed by atoms with van der Waals surface area (Å²) in [5.41, 5.74) is -0.620. The Balaban J connectivity index is 2.18. The van der Waals surface area contributed by atoms with Crippen LogP contribution in [-0.4, -0.2) is 48.0 Å². The zero-order chi connectivity index (χ0) is 15.1. The number of rotatable bonds is 1. The number of esters is 1. The Labute approximate surface area is 118 Å². The molecule has 6 heteroatoms. The molecule has 6 nitrogen and oxygen atoms in total. The van der Waals surface area contributed by atoms with Gasteiger partial charge in [-0.25, -0.2) is 9.59 Å². The Morgan fingerprint density at radius 2 is 1.90 bits per heavy atom. The van der Waals surface area contributed by atoms with E-state index >= 15 is 0 Å². The lowest BCUT2D eigenvalue weighted by Gasteiger charge is -2.28. The second-order valence-electron chi connectivity index (χ2n) is 6.47. The first-order valence-electron chi connectivity index (χ1n) is 6.82. The summed E-state index contributed by atoms with van der Waals surface area (Å²) < 4.78 is 10.1. The van der Waals surface area contributed by atoms with Gasteiger partial charge in [-0.05, 0) is 26.7 Å². The summed E-state index contributed by atoms with van der Waals surface area (Å²) in [6.07, 6.45) is 0.246. The lowest BCUT2D eigenvalue weighted by atomic mass is 9.94. The Morgan fingerprint density at radius 1 is 1.25 bits per heavy atom. The maximum absolute atomic E-state index is 12.2. The molecule has 1 saturated heterocycles. The van der Waals surface area contributed by atoms with E-state index in [4.69, 9.17) is 9.47 Å². The van der Waals surface area contributed by atoms with Gasteiger partial charge in [-0.15, -0.1) is 0 Å². The van der Waals surface area contributed by atoms with Crippen LogP contribution in [0.1, 0.15) is 33.6 Å². The van der Waals surface area contributed by atoms with E-state index in [2.05, 4.69) is 0 Å². The Morgan fingerprint density at radius 3 is 2.45 bits per heavy atom. The van der Waals surface area contributed by atoms with Crippen molar-refractivity contribution < 1.29 is 23.9 Å². The van der Waals surface area contributed by atoms with Crippen molar-refractivity contribution in [3.8, 4) is 0 Å². The van der Waals surface area contributed by atoms with Crippen molar-refractivity contribution in [1.29, 1.82) is 0 Å². The topological polar surface area (TPSA) is 72.9 Å². The molecule has 1 aliphatic heterocycles. The summed E-state index contributed by atoms with van der Waals surface area (Å²) in [6, 6.07) is -0.703. The van der Waals surface area contributed by atoms with Crippen molar-refractivity contribution in [2.45, 2.75) is 45.3 Å². The Bertz CT molecular complexity index is 439. The molecule has 3 atom stereocenters. The SMILES string of the molecule is COC(=O)C1[C@@H]2CC(=O)C[C@@H]2CN1C(=O)OC(C)(C)C. The molecule has 2 rings (SSSR count). The number of carbonyl (C=O) groups excluding carboxylic acids is 3. The van der Waals surface area contributed by atoms with Crippen molar-refractivity contribution in [3.05, 3.63) is 0 Å². The third-order valence-electron chi connectivity index (χ3n) is 3.80. The standard InChI is InChI=1S/C14H21NO5/c1-14(2,3)20-13(18)15-7-8-5-9(16)6-10(8)11(15)12(17)19-4/h8,10-11H,5-7H2,1-4H3/t8-,10-,11?/m1/s1. The molecule has 112 valence electrons. The number of amides is 1. The minimum absolute atomic E-state index is 0.0409. The van der Waals surface area contributed by atoms with Crippen molar-refractivity contribution in [3.63, 3.8) is 0 Å². The van der Waals surface area contributed by atoms with Crippen LogP contribution in [0.3, 0.4) is 0 Å². The molecule has 0 aromatic carbocycles. The molecule has 0 N–H and O–H groups in total. The molecule has 0 aromatic heterocycles. The Kier molecular flexibility index (Phi) is 3.75. The molecule has 0 aromatic rings. The molecule has 2 fully saturated rings. The van der Waals surface area contributed by atoms with Crippen molar-refractivity contribution in [1.82, 2.24) is 4.90 Å². The van der Waals surface area contributed by atoms with E-state index in [0.29, 0.717) is 19.4 Å². The fraction of sp³-hybridized carbons (Fsp3) is 0.786. The summed E-state index contributed by atoms with van der Waals surface area (Å²) in [4.78, 5) is 37.1. The lowest BCUT2D eigenvalue weighted by molar-refractivity contribution is -0.147. The van der Waals surface area contributed by atoms with Gasteiger partial charge in [0.2, 0.25) is 0 Å². The summed E-state index contributed by atoms with van der Waals surface area (Å²) in [5, 5.41) is 0. The fourth-order valence-electron chi connectivity index (χ4n) is 3.05. The van der Waals surface area contributed by atoms with E-state index in [0.717, 1.165) is 0 Å². The normalized spacial score (nSPS) is 29.3. The quantitative estimate of drug-likeness (QED) is 0.680. The number of likely N-dealkylation sites (tertiary alicyclic amines) is 1. The molecular formula is C14H21NO5. The van der Waals surface area contributed by atoms with Crippen LogP contribution >= 0.6 is 0 Å². The highest BCUT2D eigenvalue weighted by atomic mass is 16.6. The van der Waals surface area contributed by atoms with Gasteiger partial charge in [0.05, 0.1) is 7.11 Å². The smallest absolute Gasteiger partial charge is 0.411 e. The van der Waals surface area contributed by atoms with Crippen molar-refractivity contribution >= 4 is 17.8 Å². The molecule has 0 radical (unpaired) electrons. The molecule has 1 amide bonds. The van der Waals surface area contributed by atoms with Gasteiger partial charge in [0.15, 0.2) is 0 Å². The second-order valence-corrected chi connectivity index (χ2v) is 6.47. The molecule has 0 spiro atoms. The third-order valence-corrected chi connectivity index (χ3v) is 3.80. The molecule has 1 heterocycles. The molecule has 1 unspecified atom stereocenters. The van der Waals surface area contributed by atoms with Crippen LogP contribution in [0.5, 0.6) is 0 Å². The number of ketones is 1. The maximum atomic E-state index is 12.2. The lowest BCUT2D eigenvalue weighted by Crippen LogP contribution is -2.46. The van der Waals surface area contributed by atoms with Crippen LogP contribution < -0.4 is 0 Å². The summed E-state index contributed by atoms with van der Waals surface area (Å²) >= 11 is 0. The molecular weight excluding hydrogens is 262 g/mol. The first-order chi connectivity index (χ1) is 9.23. The molecule has 20 heavy (non-hydrogen) atoms. The zero-order valence-electron chi connectivity index (χ0n) is 12.3. The van der Waals surface area contributed by atoms with Crippen LogP contribution in [0.25, 0.3) is 0 Å². The van der Waals surface area contributed by atoms with E-state index in [1.807, 2.05) is 0 Å². The number of ether oxygens (including phenoxy) is 2. The highest BCUT2D eigenvalue weighted by Crippen LogP contribution is 2.41. The predicted molar refractivity (Wildman–Crippen MR) is 70.0 cm³/mol. The number of Topliss-reactive ketones (excluding diaryl/α,β-unsaturated/α-hetero) is 1. The number of methoxy groups -OCH3 is 1. The van der Waals surface area contributed by atoms with Crippen molar-refractivity contribution in [2.24, 2.45) is 11.8 Å². The van der Waals surface area contributed by atoms with Gasteiger partial charge in [-0.2, -0.15) is 0 Å². The van der Waals surface area contributed by atoms with Crippen molar-refractivity contribution in [2.75, 3.05) is 13.7 Å². The second kappa shape index (κ2) is 5.07. The number of nitrogens with zero attached hydrogens (tertiary/aromatic N) is 1. The summed E-state index contributed by atoms with van der Waals surface area (Å²) in [6.45, 7) is 5.71. The number of hydrogen-bond acceptors (Lipinski definition) is 5. The van der Waals surface area contributed by atoms with Gasteiger partial charge in [-0.3, -0.25) is 9.69 Å². The molecule has 0 bridgehead atoms. The monoisotopic (exact) mass is 283 g/mol. The zero-order valence-corrected chi connectivity index (χ0v) is 12.3. The van der Waals surface area contributed by atoms with E-state index in [1.165, 1.54) is 12.0 Å². The predicted octanol–water partition coefficient (Wildman–Crippen LogP) is 1.37. The molecule has 1 aliphatic carbocycles. The van der Waals surface area contributed by atoms with Crippen LogP contribution in [0, 0.1) is 11.8 Å². The first kappa shape index (κ1) is 14.8. The third kappa shape index (κ3) is 2.78. The number of hydrogen-bond donors (Lipinski definition) is 0.